The number of hydrogen-bond acceptors (Lipinski definition) is 2. The van der Waals surface area contributed by atoms with Crippen molar-refractivity contribution in [3.05, 3.63) is 34.9 Å². The van der Waals surface area contributed by atoms with E-state index in [0.717, 1.165) is 18.4 Å². The van der Waals surface area contributed by atoms with Gasteiger partial charge in [-0.3, -0.25) is 9.59 Å². The minimum absolute atomic E-state index is 0.0154. The van der Waals surface area contributed by atoms with Crippen LogP contribution in [-0.4, -0.2) is 37.4 Å². The van der Waals surface area contributed by atoms with Crippen molar-refractivity contribution in [3.8, 4) is 0 Å². The molecule has 19 heavy (non-hydrogen) atoms. The average Bonchev–Trinajstić information content (AvgIpc) is 3.19. The number of rotatable bonds is 4. The summed E-state index contributed by atoms with van der Waals surface area (Å²) in [6.07, 6.45) is 1.62. The van der Waals surface area contributed by atoms with E-state index in [1.807, 2.05) is 18.2 Å². The zero-order valence-electron chi connectivity index (χ0n) is 11.1. The first-order chi connectivity index (χ1) is 8.99. The second-order valence-corrected chi connectivity index (χ2v) is 5.36. The number of amides is 2. The van der Waals surface area contributed by atoms with Crippen LogP contribution in [0, 0.1) is 0 Å². The van der Waals surface area contributed by atoms with Gasteiger partial charge in [0, 0.05) is 19.1 Å². The molecule has 0 aliphatic heterocycles. The number of benzene rings is 1. The van der Waals surface area contributed by atoms with E-state index in [9.17, 15) is 9.59 Å². The summed E-state index contributed by atoms with van der Waals surface area (Å²) >= 11 is 5.98. The minimum Gasteiger partial charge on any atom is -0.358 e. The second kappa shape index (κ2) is 5.21. The summed E-state index contributed by atoms with van der Waals surface area (Å²) in [5.74, 6) is -0.184. The molecule has 0 saturated heterocycles. The van der Waals surface area contributed by atoms with Gasteiger partial charge in [0.25, 0.3) is 0 Å². The smallest absolute Gasteiger partial charge is 0.239 e. The molecule has 1 aromatic rings. The van der Waals surface area contributed by atoms with Crippen LogP contribution in [0.1, 0.15) is 18.4 Å². The van der Waals surface area contributed by atoms with Crippen molar-refractivity contribution in [1.82, 2.24) is 10.2 Å². The topological polar surface area (TPSA) is 49.4 Å². The Bertz CT molecular complexity index is 512. The number of hydrogen-bond donors (Lipinski definition) is 1. The van der Waals surface area contributed by atoms with Gasteiger partial charge in [-0.2, -0.15) is 0 Å². The van der Waals surface area contributed by atoms with Crippen LogP contribution in [0.3, 0.4) is 0 Å². The van der Waals surface area contributed by atoms with Gasteiger partial charge in [0.05, 0.1) is 12.0 Å². The first kappa shape index (κ1) is 13.9. The third kappa shape index (κ3) is 2.73. The Morgan fingerprint density at radius 3 is 2.63 bits per heavy atom. The molecule has 5 heteroatoms. The van der Waals surface area contributed by atoms with E-state index in [1.165, 1.54) is 4.90 Å². The highest BCUT2D eigenvalue weighted by atomic mass is 35.5. The normalized spacial score (nSPS) is 15.7. The predicted molar refractivity (Wildman–Crippen MR) is 74.1 cm³/mol. The van der Waals surface area contributed by atoms with Gasteiger partial charge in [-0.1, -0.05) is 23.7 Å². The number of likely N-dealkylation sites (N-methyl/N-ethyl adjacent to an activating group) is 2. The lowest BCUT2D eigenvalue weighted by molar-refractivity contribution is -0.136. The first-order valence-electron chi connectivity index (χ1n) is 6.22. The van der Waals surface area contributed by atoms with Crippen molar-refractivity contribution in [3.63, 3.8) is 0 Å². The average molecular weight is 281 g/mol. The highest BCUT2D eigenvalue weighted by molar-refractivity contribution is 6.30. The molecule has 0 spiro atoms. The van der Waals surface area contributed by atoms with Gasteiger partial charge in [0.15, 0.2) is 0 Å². The van der Waals surface area contributed by atoms with Gasteiger partial charge in [-0.05, 0) is 30.5 Å². The van der Waals surface area contributed by atoms with Gasteiger partial charge in [0.1, 0.15) is 0 Å². The molecule has 1 aliphatic carbocycles. The summed E-state index contributed by atoms with van der Waals surface area (Å²) in [4.78, 5) is 25.3. The van der Waals surface area contributed by atoms with Gasteiger partial charge in [-0.15, -0.1) is 0 Å². The number of carbonyl (C=O) groups is 2. The van der Waals surface area contributed by atoms with Crippen molar-refractivity contribution in [2.75, 3.05) is 20.6 Å². The lowest BCUT2D eigenvalue weighted by Crippen LogP contribution is -2.42. The monoisotopic (exact) mass is 280 g/mol. The first-order valence-corrected chi connectivity index (χ1v) is 6.59. The molecule has 0 bridgehead atoms. The van der Waals surface area contributed by atoms with Crippen molar-refractivity contribution in [2.24, 2.45) is 0 Å². The Kier molecular flexibility index (Phi) is 3.80. The molecular formula is C14H17ClN2O2. The predicted octanol–water partition coefficient (Wildman–Crippen LogP) is 1.58. The summed E-state index contributed by atoms with van der Waals surface area (Å²) < 4.78 is 0. The maximum atomic E-state index is 12.5. The maximum Gasteiger partial charge on any atom is 0.239 e. The summed E-state index contributed by atoms with van der Waals surface area (Å²) in [5.41, 5.74) is 0.460. The van der Waals surface area contributed by atoms with E-state index in [-0.39, 0.29) is 18.4 Å². The van der Waals surface area contributed by atoms with E-state index in [2.05, 4.69) is 5.32 Å². The molecule has 1 aliphatic rings. The van der Waals surface area contributed by atoms with Crippen LogP contribution in [0.4, 0.5) is 0 Å². The molecule has 1 N–H and O–H groups in total. The molecule has 0 atom stereocenters. The number of halogens is 1. The molecule has 102 valence electrons. The van der Waals surface area contributed by atoms with Crippen LogP contribution in [0.15, 0.2) is 24.3 Å². The Hall–Kier alpha value is -1.55. The third-order valence-corrected chi connectivity index (χ3v) is 3.78. The minimum atomic E-state index is -0.479. The highest BCUT2D eigenvalue weighted by Crippen LogP contribution is 2.49. The fourth-order valence-electron chi connectivity index (χ4n) is 2.27. The van der Waals surface area contributed by atoms with Crippen LogP contribution in [0.5, 0.6) is 0 Å². The zero-order chi connectivity index (χ0) is 14.0. The second-order valence-electron chi connectivity index (χ2n) is 4.93. The fourth-order valence-corrected chi connectivity index (χ4v) is 2.46. The van der Waals surface area contributed by atoms with Crippen molar-refractivity contribution < 1.29 is 9.59 Å². The Labute approximate surface area is 117 Å². The van der Waals surface area contributed by atoms with Crippen molar-refractivity contribution in [1.29, 1.82) is 0 Å². The SMILES string of the molecule is CNC(=O)CN(C)C(=O)C1(c2cccc(Cl)c2)CC1. The van der Waals surface area contributed by atoms with Crippen LogP contribution < -0.4 is 5.32 Å². The fraction of sp³-hybridized carbons (Fsp3) is 0.429. The van der Waals surface area contributed by atoms with Gasteiger partial charge < -0.3 is 10.2 Å². The number of carbonyl (C=O) groups excluding carboxylic acids is 2. The van der Waals surface area contributed by atoms with E-state index in [0.29, 0.717) is 5.02 Å². The molecule has 1 aromatic carbocycles. The Morgan fingerprint density at radius 1 is 1.42 bits per heavy atom. The molecule has 0 radical (unpaired) electrons. The largest absolute Gasteiger partial charge is 0.358 e. The quantitative estimate of drug-likeness (QED) is 0.910. The van der Waals surface area contributed by atoms with Crippen LogP contribution >= 0.6 is 11.6 Å². The molecule has 4 nitrogen and oxygen atoms in total. The zero-order valence-corrected chi connectivity index (χ0v) is 11.8. The number of nitrogens with one attached hydrogen (secondary N) is 1. The van der Waals surface area contributed by atoms with Crippen molar-refractivity contribution in [2.45, 2.75) is 18.3 Å². The van der Waals surface area contributed by atoms with E-state index >= 15 is 0 Å². The molecule has 2 amide bonds. The standard InChI is InChI=1S/C14H17ClN2O2/c1-16-12(18)9-17(2)13(19)14(6-7-14)10-4-3-5-11(15)8-10/h3-5,8H,6-7,9H2,1-2H3,(H,16,18). The lowest BCUT2D eigenvalue weighted by atomic mass is 9.94. The molecular weight excluding hydrogens is 264 g/mol. The Balaban J connectivity index is 2.16. The maximum absolute atomic E-state index is 12.5. The van der Waals surface area contributed by atoms with Gasteiger partial charge in [0.2, 0.25) is 11.8 Å². The molecule has 2 rings (SSSR count). The van der Waals surface area contributed by atoms with Crippen molar-refractivity contribution >= 4 is 23.4 Å². The van der Waals surface area contributed by atoms with E-state index < -0.39 is 5.41 Å². The van der Waals surface area contributed by atoms with E-state index in [1.54, 1.807) is 20.2 Å². The molecule has 0 heterocycles. The molecule has 1 fully saturated rings. The Morgan fingerprint density at radius 2 is 2.11 bits per heavy atom. The lowest BCUT2D eigenvalue weighted by Gasteiger charge is -2.23. The van der Waals surface area contributed by atoms with Crippen LogP contribution in [0.25, 0.3) is 0 Å². The van der Waals surface area contributed by atoms with Crippen LogP contribution in [-0.2, 0) is 15.0 Å². The highest BCUT2D eigenvalue weighted by Gasteiger charge is 2.52. The summed E-state index contributed by atoms with van der Waals surface area (Å²) in [5, 5.41) is 3.15. The van der Waals surface area contributed by atoms with Gasteiger partial charge >= 0.3 is 0 Å². The molecule has 0 unspecified atom stereocenters. The number of nitrogens with zero attached hydrogens (tertiary/aromatic N) is 1. The summed E-state index contributed by atoms with van der Waals surface area (Å²) in [6, 6.07) is 7.40. The van der Waals surface area contributed by atoms with E-state index in [4.69, 9.17) is 11.6 Å². The van der Waals surface area contributed by atoms with Gasteiger partial charge in [-0.25, -0.2) is 0 Å². The summed E-state index contributed by atoms with van der Waals surface area (Å²) in [7, 11) is 3.21. The summed E-state index contributed by atoms with van der Waals surface area (Å²) in [6.45, 7) is 0.0810. The molecule has 1 saturated carbocycles. The van der Waals surface area contributed by atoms with Crippen LogP contribution in [0.2, 0.25) is 5.02 Å². The third-order valence-electron chi connectivity index (χ3n) is 3.54. The molecule has 0 aromatic heterocycles.